The Hall–Kier alpha value is -2.30. The van der Waals surface area contributed by atoms with Crippen molar-refractivity contribution in [2.75, 3.05) is 46.8 Å². The van der Waals surface area contributed by atoms with Crippen molar-refractivity contribution in [3.8, 4) is 28.7 Å². The van der Waals surface area contributed by atoms with E-state index < -0.39 is 15.4 Å². The lowest BCUT2D eigenvalue weighted by molar-refractivity contribution is 0.296. The molecule has 0 amide bonds. The molecule has 1 unspecified atom stereocenters. The summed E-state index contributed by atoms with van der Waals surface area (Å²) >= 11 is 1.53. The van der Waals surface area contributed by atoms with Gasteiger partial charge >= 0.3 is 0 Å². The molecule has 2 heterocycles. The molecule has 0 saturated carbocycles. The number of sulfonamides is 1. The van der Waals surface area contributed by atoms with Gasteiger partial charge in [-0.25, -0.2) is 8.42 Å². The van der Waals surface area contributed by atoms with E-state index in [4.69, 9.17) is 23.7 Å². The van der Waals surface area contributed by atoms with Crippen LogP contribution < -0.4 is 23.7 Å². The fraction of sp³-hybridized carbons (Fsp3) is 0.429. The monoisotopic (exact) mass is 467 g/mol. The highest BCUT2D eigenvalue weighted by Crippen LogP contribution is 2.48. The summed E-state index contributed by atoms with van der Waals surface area (Å²) in [5.74, 6) is 3.24. The topological polar surface area (TPSA) is 83.5 Å². The summed E-state index contributed by atoms with van der Waals surface area (Å²) in [6, 6.07) is 8.25. The Kier molecular flexibility index (Phi) is 6.40. The van der Waals surface area contributed by atoms with Crippen molar-refractivity contribution in [3.63, 3.8) is 0 Å². The summed E-state index contributed by atoms with van der Waals surface area (Å²) < 4.78 is 56.3. The number of thioether (sulfide) groups is 1. The first-order chi connectivity index (χ1) is 15.0. The molecule has 1 atom stereocenters. The minimum absolute atomic E-state index is 0.170. The van der Waals surface area contributed by atoms with Crippen molar-refractivity contribution >= 4 is 21.8 Å². The van der Waals surface area contributed by atoms with Crippen LogP contribution in [0.1, 0.15) is 17.4 Å². The molecule has 4 rings (SSSR count). The summed E-state index contributed by atoms with van der Waals surface area (Å²) in [5.41, 5.74) is 0.709. The van der Waals surface area contributed by atoms with E-state index in [1.54, 1.807) is 51.7 Å². The SMILES string of the molecule is COc1cc(OC)c(C2SCCN2S(=O)(=O)c2ccc3c(c2)OCCCO3)cc1OC. The molecule has 0 bridgehead atoms. The molecule has 0 radical (unpaired) electrons. The normalized spacial score (nSPS) is 19.0. The molecule has 10 heteroatoms. The molecular weight excluding hydrogens is 442 g/mol. The van der Waals surface area contributed by atoms with Crippen molar-refractivity contribution in [3.05, 3.63) is 35.9 Å². The van der Waals surface area contributed by atoms with Gasteiger partial charge in [0.1, 0.15) is 5.75 Å². The van der Waals surface area contributed by atoms with Gasteiger partial charge < -0.3 is 23.7 Å². The van der Waals surface area contributed by atoms with Crippen molar-refractivity contribution in [1.82, 2.24) is 4.31 Å². The van der Waals surface area contributed by atoms with E-state index in [2.05, 4.69) is 0 Å². The molecule has 8 nitrogen and oxygen atoms in total. The summed E-state index contributed by atoms with van der Waals surface area (Å²) in [5, 5.41) is -0.462. The third kappa shape index (κ3) is 4.11. The molecule has 2 aromatic carbocycles. The third-order valence-corrected chi connectivity index (χ3v) is 8.41. The smallest absolute Gasteiger partial charge is 0.244 e. The number of hydrogen-bond donors (Lipinski definition) is 0. The van der Waals surface area contributed by atoms with Crippen LogP contribution in [-0.4, -0.2) is 59.6 Å². The van der Waals surface area contributed by atoms with Gasteiger partial charge in [-0.05, 0) is 18.2 Å². The van der Waals surface area contributed by atoms with Crippen LogP contribution in [0.2, 0.25) is 0 Å². The zero-order chi connectivity index (χ0) is 22.0. The van der Waals surface area contributed by atoms with E-state index in [-0.39, 0.29) is 4.90 Å². The van der Waals surface area contributed by atoms with Crippen LogP contribution in [0.3, 0.4) is 0 Å². The summed E-state index contributed by atoms with van der Waals surface area (Å²) in [6.45, 7) is 1.41. The number of rotatable bonds is 6. The van der Waals surface area contributed by atoms with Crippen molar-refractivity contribution in [2.45, 2.75) is 16.7 Å². The Balaban J connectivity index is 1.72. The number of methoxy groups -OCH3 is 3. The van der Waals surface area contributed by atoms with Crippen LogP contribution >= 0.6 is 11.8 Å². The van der Waals surface area contributed by atoms with Crippen LogP contribution in [0.4, 0.5) is 0 Å². The molecule has 0 N–H and O–H groups in total. The second kappa shape index (κ2) is 9.05. The molecule has 0 aromatic heterocycles. The van der Waals surface area contributed by atoms with Gasteiger partial charge in [0.2, 0.25) is 10.0 Å². The molecule has 2 aliphatic heterocycles. The number of nitrogens with zero attached hydrogens (tertiary/aromatic N) is 1. The average Bonchev–Trinajstić information content (AvgIpc) is 3.17. The number of hydrogen-bond acceptors (Lipinski definition) is 8. The maximum absolute atomic E-state index is 13.6. The van der Waals surface area contributed by atoms with E-state index >= 15 is 0 Å². The zero-order valence-corrected chi connectivity index (χ0v) is 19.3. The molecule has 0 spiro atoms. The Morgan fingerprint density at radius 1 is 0.935 bits per heavy atom. The van der Waals surface area contributed by atoms with Gasteiger partial charge in [-0.3, -0.25) is 0 Å². The van der Waals surface area contributed by atoms with Crippen LogP contribution in [-0.2, 0) is 10.0 Å². The predicted octanol–water partition coefficient (Wildman–Crippen LogP) is 3.31. The molecule has 31 heavy (non-hydrogen) atoms. The molecule has 168 valence electrons. The van der Waals surface area contributed by atoms with Gasteiger partial charge in [-0.2, -0.15) is 4.31 Å². The molecule has 2 aliphatic rings. The molecule has 0 aliphatic carbocycles. The Morgan fingerprint density at radius 2 is 1.61 bits per heavy atom. The van der Waals surface area contributed by atoms with Crippen LogP contribution in [0.15, 0.2) is 35.2 Å². The molecule has 2 aromatic rings. The predicted molar refractivity (Wildman–Crippen MR) is 117 cm³/mol. The minimum atomic E-state index is -3.79. The van der Waals surface area contributed by atoms with Gasteiger partial charge in [0.25, 0.3) is 0 Å². The van der Waals surface area contributed by atoms with Crippen molar-refractivity contribution < 1.29 is 32.1 Å². The van der Waals surface area contributed by atoms with E-state index in [0.717, 1.165) is 6.42 Å². The minimum Gasteiger partial charge on any atom is -0.496 e. The van der Waals surface area contributed by atoms with Gasteiger partial charge in [-0.15, -0.1) is 11.8 Å². The van der Waals surface area contributed by atoms with Gasteiger partial charge in [0, 0.05) is 36.4 Å². The zero-order valence-electron chi connectivity index (χ0n) is 17.6. The highest BCUT2D eigenvalue weighted by molar-refractivity contribution is 8.01. The Bertz CT molecular complexity index is 1060. The van der Waals surface area contributed by atoms with Gasteiger partial charge in [-0.1, -0.05) is 0 Å². The number of ether oxygens (including phenoxy) is 5. The maximum atomic E-state index is 13.6. The standard InChI is InChI=1S/C21H25NO7S2/c1-25-17-13-19(27-3)18(26-2)12-15(17)21-22(7-10-30-21)31(23,24)14-5-6-16-20(11-14)29-9-4-8-28-16/h5-6,11-13,21H,4,7-10H2,1-3H3. The second-order valence-electron chi connectivity index (χ2n) is 6.95. The van der Waals surface area contributed by atoms with Crippen molar-refractivity contribution in [2.24, 2.45) is 0 Å². The lowest BCUT2D eigenvalue weighted by Gasteiger charge is -2.26. The van der Waals surface area contributed by atoms with Crippen LogP contribution in [0.25, 0.3) is 0 Å². The highest BCUT2D eigenvalue weighted by atomic mass is 32.2. The molecular formula is C21H25NO7S2. The highest BCUT2D eigenvalue weighted by Gasteiger charge is 2.39. The van der Waals surface area contributed by atoms with Crippen LogP contribution in [0.5, 0.6) is 28.7 Å². The van der Waals surface area contributed by atoms with E-state index in [1.807, 2.05) is 0 Å². The number of benzene rings is 2. The fourth-order valence-corrected chi connectivity index (χ4v) is 6.89. The second-order valence-corrected chi connectivity index (χ2v) is 10.0. The first-order valence-corrected chi connectivity index (χ1v) is 12.3. The summed E-state index contributed by atoms with van der Waals surface area (Å²) in [7, 11) is 0.844. The molecule has 1 fully saturated rings. The van der Waals surface area contributed by atoms with Crippen molar-refractivity contribution in [1.29, 1.82) is 0 Å². The van der Waals surface area contributed by atoms with E-state index in [9.17, 15) is 8.42 Å². The third-order valence-electron chi connectivity index (χ3n) is 5.18. The lowest BCUT2D eigenvalue weighted by atomic mass is 10.1. The molecule has 1 saturated heterocycles. The van der Waals surface area contributed by atoms with Gasteiger partial charge in [0.05, 0.1) is 44.8 Å². The first-order valence-electron chi connectivity index (χ1n) is 9.82. The maximum Gasteiger partial charge on any atom is 0.244 e. The Morgan fingerprint density at radius 3 is 2.32 bits per heavy atom. The van der Waals surface area contributed by atoms with E-state index in [1.165, 1.54) is 16.1 Å². The summed E-state index contributed by atoms with van der Waals surface area (Å²) in [6.07, 6.45) is 0.751. The van der Waals surface area contributed by atoms with Crippen LogP contribution in [0, 0.1) is 0 Å². The van der Waals surface area contributed by atoms with Gasteiger partial charge in [0.15, 0.2) is 23.0 Å². The summed E-state index contributed by atoms with van der Waals surface area (Å²) in [4.78, 5) is 0.170. The van der Waals surface area contributed by atoms with E-state index in [0.29, 0.717) is 59.8 Å². The lowest BCUT2D eigenvalue weighted by Crippen LogP contribution is -2.30. The first kappa shape index (κ1) is 21.9. The largest absolute Gasteiger partial charge is 0.496 e. The average molecular weight is 468 g/mol. The number of fused-ring (bicyclic) bond motifs is 1. The Labute approximate surface area is 186 Å². The quantitative estimate of drug-likeness (QED) is 0.640. The fourth-order valence-electron chi connectivity index (χ4n) is 3.63.